The first-order chi connectivity index (χ1) is 11.9. The van der Waals surface area contributed by atoms with E-state index in [0.29, 0.717) is 13.0 Å². The lowest BCUT2D eigenvalue weighted by molar-refractivity contribution is -0.133. The smallest absolute Gasteiger partial charge is 0.294 e. The first-order valence-electron chi connectivity index (χ1n) is 8.20. The van der Waals surface area contributed by atoms with Gasteiger partial charge >= 0.3 is 0 Å². The summed E-state index contributed by atoms with van der Waals surface area (Å²) in [5.74, 6) is -4.33. The number of methoxy groups -OCH3 is 3. The second kappa shape index (κ2) is 8.29. The van der Waals surface area contributed by atoms with Gasteiger partial charge in [-0.25, -0.2) is 4.68 Å². The summed E-state index contributed by atoms with van der Waals surface area (Å²) >= 11 is 0. The molecule has 1 aromatic heterocycles. The Bertz CT molecular complexity index is 594. The van der Waals surface area contributed by atoms with Crippen LogP contribution in [0.2, 0.25) is 0 Å². The van der Waals surface area contributed by atoms with Crippen LogP contribution in [0.15, 0.2) is 0 Å². The Morgan fingerprint density at radius 3 is 2.64 bits per heavy atom. The van der Waals surface area contributed by atoms with Crippen LogP contribution < -0.4 is 0 Å². The van der Waals surface area contributed by atoms with E-state index in [4.69, 9.17) is 14.2 Å². The van der Waals surface area contributed by atoms with Crippen LogP contribution in [0.1, 0.15) is 43.2 Å². The van der Waals surface area contributed by atoms with Gasteiger partial charge in [-0.1, -0.05) is 5.21 Å². The number of hydrogen-bond acceptors (Lipinski definition) is 6. The first kappa shape index (κ1) is 19.9. The van der Waals surface area contributed by atoms with Crippen molar-refractivity contribution in [2.24, 2.45) is 13.0 Å². The molecule has 0 saturated heterocycles. The average Bonchev–Trinajstić information content (AvgIpc) is 2.94. The van der Waals surface area contributed by atoms with E-state index in [0.717, 1.165) is 0 Å². The van der Waals surface area contributed by atoms with E-state index >= 15 is 0 Å². The minimum Gasteiger partial charge on any atom is -0.385 e. The van der Waals surface area contributed by atoms with Gasteiger partial charge in [0.2, 0.25) is 0 Å². The van der Waals surface area contributed by atoms with E-state index in [1.54, 1.807) is 0 Å². The number of alkyl halides is 2. The number of Topliss-reactive ketones (excluding diaryl/α,β-unsaturated/α-hetero) is 1. The number of rotatable bonds is 7. The lowest BCUT2D eigenvalue weighted by Crippen LogP contribution is -2.37. The fraction of sp³-hybridized carbons (Fsp3) is 0.812. The van der Waals surface area contributed by atoms with Gasteiger partial charge in [-0.15, -0.1) is 5.10 Å². The molecule has 0 bridgehead atoms. The molecule has 9 heteroatoms. The summed E-state index contributed by atoms with van der Waals surface area (Å²) in [6.45, 7) is 0.414. The van der Waals surface area contributed by atoms with Gasteiger partial charge in [-0.2, -0.15) is 8.78 Å². The number of carbonyl (C=O) groups is 1. The zero-order valence-electron chi connectivity index (χ0n) is 15.0. The number of aryl methyl sites for hydroxylation is 1. The normalized spacial score (nSPS) is 25.9. The molecule has 3 atom stereocenters. The van der Waals surface area contributed by atoms with Gasteiger partial charge < -0.3 is 14.2 Å². The quantitative estimate of drug-likeness (QED) is 0.692. The van der Waals surface area contributed by atoms with Crippen LogP contribution in [0.5, 0.6) is 0 Å². The lowest BCUT2D eigenvalue weighted by atomic mass is 9.82. The number of hydrogen-bond donors (Lipinski definition) is 0. The topological polar surface area (TPSA) is 75.5 Å². The molecule has 2 rings (SSSR count). The molecule has 142 valence electrons. The summed E-state index contributed by atoms with van der Waals surface area (Å²) in [5.41, 5.74) is -0.261. The number of ether oxygens (including phenoxy) is 3. The summed E-state index contributed by atoms with van der Waals surface area (Å²) in [6.07, 6.45) is -1.09. The highest BCUT2D eigenvalue weighted by Crippen LogP contribution is 2.44. The molecule has 0 saturated carbocycles. The molecule has 0 spiro atoms. The van der Waals surface area contributed by atoms with Crippen molar-refractivity contribution in [2.75, 3.05) is 27.9 Å². The molecule has 1 aliphatic rings. The Labute approximate surface area is 145 Å². The van der Waals surface area contributed by atoms with E-state index in [9.17, 15) is 13.6 Å². The third-order valence-electron chi connectivity index (χ3n) is 4.63. The number of fused-ring (bicyclic) bond motifs is 1. The fourth-order valence-electron chi connectivity index (χ4n) is 3.34. The summed E-state index contributed by atoms with van der Waals surface area (Å²) in [4.78, 5) is 12.5. The van der Waals surface area contributed by atoms with Crippen molar-refractivity contribution in [1.82, 2.24) is 15.0 Å². The van der Waals surface area contributed by atoms with Crippen molar-refractivity contribution >= 4 is 5.78 Å². The first-order valence-corrected chi connectivity index (χ1v) is 8.20. The highest BCUT2D eigenvalue weighted by molar-refractivity contribution is 5.81. The minimum absolute atomic E-state index is 0.154. The van der Waals surface area contributed by atoms with Crippen LogP contribution in [0, 0.1) is 5.92 Å². The molecule has 1 aromatic rings. The third-order valence-corrected chi connectivity index (χ3v) is 4.63. The zero-order chi connectivity index (χ0) is 18.6. The van der Waals surface area contributed by atoms with Crippen molar-refractivity contribution in [2.45, 2.75) is 43.8 Å². The molecule has 1 aliphatic carbocycles. The van der Waals surface area contributed by atoms with E-state index in [2.05, 4.69) is 10.3 Å². The van der Waals surface area contributed by atoms with Crippen molar-refractivity contribution in [3.63, 3.8) is 0 Å². The van der Waals surface area contributed by atoms with Crippen LogP contribution in [0.4, 0.5) is 8.78 Å². The average molecular weight is 361 g/mol. The Balaban J connectivity index is 2.36. The summed E-state index contributed by atoms with van der Waals surface area (Å²) in [5, 5.41) is 7.37. The van der Waals surface area contributed by atoms with Crippen LogP contribution in [-0.2, 0) is 32.0 Å². The van der Waals surface area contributed by atoms with E-state index in [1.165, 1.54) is 33.1 Å². The SMILES string of the molecule is COCCCC(=O)C1C[C@H](OC)[C@@H](OC)c2c(nnn2C)C(F)(F)C1. The highest BCUT2D eigenvalue weighted by Gasteiger charge is 2.48. The van der Waals surface area contributed by atoms with Gasteiger partial charge in [-0.3, -0.25) is 4.79 Å². The molecule has 0 radical (unpaired) electrons. The molecule has 25 heavy (non-hydrogen) atoms. The van der Waals surface area contributed by atoms with Crippen molar-refractivity contribution in [3.05, 3.63) is 11.4 Å². The van der Waals surface area contributed by atoms with Gasteiger partial charge in [0.25, 0.3) is 5.92 Å². The summed E-state index contributed by atoms with van der Waals surface area (Å²) in [6, 6.07) is 0. The Morgan fingerprint density at radius 1 is 1.32 bits per heavy atom. The summed E-state index contributed by atoms with van der Waals surface area (Å²) in [7, 11) is 5.97. The van der Waals surface area contributed by atoms with E-state index < -0.39 is 36.2 Å². The number of ketones is 1. The van der Waals surface area contributed by atoms with Crippen molar-refractivity contribution in [3.8, 4) is 0 Å². The van der Waals surface area contributed by atoms with Gasteiger partial charge in [0.15, 0.2) is 5.69 Å². The minimum atomic E-state index is -3.26. The molecule has 0 aliphatic heterocycles. The molecule has 1 heterocycles. The zero-order valence-corrected chi connectivity index (χ0v) is 15.0. The monoisotopic (exact) mass is 361 g/mol. The predicted octanol–water partition coefficient (Wildman–Crippen LogP) is 2.02. The molecule has 0 fully saturated rings. The van der Waals surface area contributed by atoms with Crippen molar-refractivity contribution in [1.29, 1.82) is 0 Å². The van der Waals surface area contributed by atoms with E-state index in [1.807, 2.05) is 0 Å². The maximum absolute atomic E-state index is 14.8. The maximum Gasteiger partial charge on any atom is 0.294 e. The second-order valence-corrected chi connectivity index (χ2v) is 6.28. The highest BCUT2D eigenvalue weighted by atomic mass is 19.3. The molecule has 0 aromatic carbocycles. The van der Waals surface area contributed by atoms with Gasteiger partial charge in [0, 0.05) is 53.7 Å². The standard InChI is InChI=1S/C16H25F2N3O4/c1-21-13-14(25-4)12(24-3)8-10(11(22)6-5-7-23-2)9-16(17,18)15(13)19-20-21/h10,12,14H,5-9H2,1-4H3/t10?,12-,14+/m0/s1. The van der Waals surface area contributed by atoms with Gasteiger partial charge in [-0.05, 0) is 12.8 Å². The predicted molar refractivity (Wildman–Crippen MR) is 84.3 cm³/mol. The van der Waals surface area contributed by atoms with E-state index in [-0.39, 0.29) is 24.3 Å². The summed E-state index contributed by atoms with van der Waals surface area (Å²) < 4.78 is 46.7. The second-order valence-electron chi connectivity index (χ2n) is 6.28. The molecule has 0 N–H and O–H groups in total. The molecule has 0 amide bonds. The Kier molecular flexibility index (Phi) is 6.59. The molecular formula is C16H25F2N3O4. The number of halogens is 2. The molecule has 7 nitrogen and oxygen atoms in total. The van der Waals surface area contributed by atoms with Gasteiger partial charge in [0.05, 0.1) is 11.8 Å². The van der Waals surface area contributed by atoms with Crippen molar-refractivity contribution < 1.29 is 27.8 Å². The van der Waals surface area contributed by atoms with Gasteiger partial charge in [0.1, 0.15) is 11.9 Å². The number of nitrogens with zero attached hydrogens (tertiary/aromatic N) is 3. The molecular weight excluding hydrogens is 336 g/mol. The van der Waals surface area contributed by atoms with Crippen LogP contribution in [0.3, 0.4) is 0 Å². The lowest BCUT2D eigenvalue weighted by Gasteiger charge is -2.33. The number of carbonyl (C=O) groups excluding carboxylic acids is 1. The van der Waals surface area contributed by atoms with Crippen LogP contribution in [-0.4, -0.2) is 54.8 Å². The third kappa shape index (κ3) is 4.21. The largest absolute Gasteiger partial charge is 0.385 e. The maximum atomic E-state index is 14.8. The molecule has 1 unspecified atom stereocenters. The Hall–Kier alpha value is -1.45. The van der Waals surface area contributed by atoms with Crippen LogP contribution >= 0.6 is 0 Å². The van der Waals surface area contributed by atoms with Crippen LogP contribution in [0.25, 0.3) is 0 Å². The number of aromatic nitrogens is 3. The Morgan fingerprint density at radius 2 is 2.04 bits per heavy atom. The fourth-order valence-corrected chi connectivity index (χ4v) is 3.34.